The van der Waals surface area contributed by atoms with E-state index in [1.807, 2.05) is 0 Å². The van der Waals surface area contributed by atoms with Crippen LogP contribution in [-0.2, 0) is 6.18 Å². The molecule has 1 heterocycles. The first kappa shape index (κ1) is 18.2. The summed E-state index contributed by atoms with van der Waals surface area (Å²) in [5.74, 6) is -1.50. The fraction of sp³-hybridized carbons (Fsp3) is 0.0556. The number of rotatable bonds is 2. The lowest BCUT2D eigenvalue weighted by atomic mass is 10.1. The first-order chi connectivity index (χ1) is 12.7. The van der Waals surface area contributed by atoms with Gasteiger partial charge in [0.2, 0.25) is 5.43 Å². The molecule has 0 spiro atoms. The molecule has 3 aromatic rings. The number of halogens is 3. The van der Waals surface area contributed by atoms with Gasteiger partial charge in [-0.05, 0) is 36.4 Å². The highest BCUT2D eigenvalue weighted by Crippen LogP contribution is 2.29. The van der Waals surface area contributed by atoms with Crippen molar-refractivity contribution in [2.75, 3.05) is 5.32 Å². The predicted octanol–water partition coefficient (Wildman–Crippen LogP) is 3.80. The number of hydrogen-bond donors (Lipinski definition) is 2. The number of anilines is 1. The molecule has 0 aliphatic rings. The van der Waals surface area contributed by atoms with Gasteiger partial charge in [-0.15, -0.1) is 0 Å². The van der Waals surface area contributed by atoms with Crippen molar-refractivity contribution in [2.24, 2.45) is 0 Å². The molecule has 1 amide bonds. The summed E-state index contributed by atoms with van der Waals surface area (Å²) in [6, 6.07) is 8.85. The van der Waals surface area contributed by atoms with Crippen LogP contribution in [0.5, 0.6) is 0 Å². The van der Waals surface area contributed by atoms with Gasteiger partial charge in [0.1, 0.15) is 5.56 Å². The lowest BCUT2D eigenvalue weighted by Gasteiger charge is -2.13. The molecule has 0 saturated carbocycles. The molecule has 0 unspecified atom stereocenters. The molecule has 6 nitrogen and oxygen atoms in total. The minimum atomic E-state index is -4.51. The molecule has 2 N–H and O–H groups in total. The standard InChI is InChI=1S/C18H11F3N2O4/c19-18(20,21)10-5-7-11(8-6-10)22-17(27)23-9-13(16(25)26)15(24)12-3-1-2-4-14(12)23/h1-9H,(H,22,27)(H,25,26). The molecule has 0 atom stereocenters. The van der Waals surface area contributed by atoms with Gasteiger partial charge in [-0.1, -0.05) is 12.1 Å². The summed E-state index contributed by atoms with van der Waals surface area (Å²) in [5.41, 5.74) is -1.97. The molecule has 2 aromatic carbocycles. The highest BCUT2D eigenvalue weighted by atomic mass is 19.4. The van der Waals surface area contributed by atoms with E-state index in [2.05, 4.69) is 5.32 Å². The number of fused-ring (bicyclic) bond motifs is 1. The van der Waals surface area contributed by atoms with Crippen molar-refractivity contribution in [3.05, 3.63) is 76.1 Å². The number of benzene rings is 2. The van der Waals surface area contributed by atoms with E-state index in [1.165, 1.54) is 18.2 Å². The summed E-state index contributed by atoms with van der Waals surface area (Å²) < 4.78 is 38.7. The molecule has 0 bridgehead atoms. The maximum Gasteiger partial charge on any atom is 0.416 e. The number of pyridine rings is 1. The summed E-state index contributed by atoms with van der Waals surface area (Å²) in [4.78, 5) is 36.0. The fourth-order valence-corrected chi connectivity index (χ4v) is 2.52. The van der Waals surface area contributed by atoms with Crippen molar-refractivity contribution in [3.63, 3.8) is 0 Å². The Bertz CT molecular complexity index is 1100. The molecule has 0 saturated heterocycles. The first-order valence-corrected chi connectivity index (χ1v) is 7.55. The largest absolute Gasteiger partial charge is 0.477 e. The van der Waals surface area contributed by atoms with E-state index in [9.17, 15) is 32.7 Å². The summed E-state index contributed by atoms with van der Waals surface area (Å²) in [7, 11) is 0. The van der Waals surface area contributed by atoms with E-state index in [4.69, 9.17) is 0 Å². The van der Waals surface area contributed by atoms with Gasteiger partial charge in [0.05, 0.1) is 11.1 Å². The number of aromatic carboxylic acids is 1. The minimum Gasteiger partial charge on any atom is -0.477 e. The van der Waals surface area contributed by atoms with Gasteiger partial charge in [-0.3, -0.25) is 9.36 Å². The third-order valence-corrected chi connectivity index (χ3v) is 3.82. The average molecular weight is 376 g/mol. The van der Waals surface area contributed by atoms with Gasteiger partial charge in [0.15, 0.2) is 0 Å². The SMILES string of the molecule is O=C(O)c1cn(C(=O)Nc2ccc(C(F)(F)F)cc2)c2ccccc2c1=O. The van der Waals surface area contributed by atoms with Gasteiger partial charge < -0.3 is 10.4 Å². The summed E-state index contributed by atoms with van der Waals surface area (Å²) in [6.07, 6.45) is -3.62. The topological polar surface area (TPSA) is 88.4 Å². The van der Waals surface area contributed by atoms with Crippen LogP contribution in [0.2, 0.25) is 0 Å². The van der Waals surface area contributed by atoms with Crippen LogP contribution in [0.3, 0.4) is 0 Å². The quantitative estimate of drug-likeness (QED) is 0.712. The predicted molar refractivity (Wildman–Crippen MR) is 91.0 cm³/mol. The number of carbonyl (C=O) groups excluding carboxylic acids is 1. The average Bonchev–Trinajstić information content (AvgIpc) is 2.61. The van der Waals surface area contributed by atoms with E-state index >= 15 is 0 Å². The second kappa shape index (κ2) is 6.60. The summed E-state index contributed by atoms with van der Waals surface area (Å²) >= 11 is 0. The Hall–Kier alpha value is -3.62. The van der Waals surface area contributed by atoms with Gasteiger partial charge in [-0.25, -0.2) is 9.59 Å². The van der Waals surface area contributed by atoms with Crippen LogP contribution >= 0.6 is 0 Å². The Morgan fingerprint density at radius 3 is 2.22 bits per heavy atom. The number of amides is 1. The van der Waals surface area contributed by atoms with E-state index in [0.29, 0.717) is 0 Å². The Labute approximate surface area is 149 Å². The number of nitrogens with one attached hydrogen (secondary N) is 1. The van der Waals surface area contributed by atoms with E-state index in [-0.39, 0.29) is 16.6 Å². The Morgan fingerprint density at radius 2 is 1.63 bits per heavy atom. The number of alkyl halides is 3. The van der Waals surface area contributed by atoms with Crippen molar-refractivity contribution >= 4 is 28.6 Å². The Morgan fingerprint density at radius 1 is 1.00 bits per heavy atom. The first-order valence-electron chi connectivity index (χ1n) is 7.55. The highest BCUT2D eigenvalue weighted by Gasteiger charge is 2.30. The highest BCUT2D eigenvalue weighted by molar-refractivity contribution is 6.00. The molecule has 1 aromatic heterocycles. The van der Waals surface area contributed by atoms with Crippen molar-refractivity contribution in [1.29, 1.82) is 0 Å². The van der Waals surface area contributed by atoms with Crippen LogP contribution in [0.15, 0.2) is 59.5 Å². The molecule has 0 fully saturated rings. The molecule has 3 rings (SSSR count). The van der Waals surface area contributed by atoms with Crippen LogP contribution in [-0.4, -0.2) is 21.7 Å². The van der Waals surface area contributed by atoms with Crippen molar-refractivity contribution in [2.45, 2.75) is 6.18 Å². The molecule has 9 heteroatoms. The van der Waals surface area contributed by atoms with Gasteiger partial charge in [-0.2, -0.15) is 13.2 Å². The second-order valence-corrected chi connectivity index (χ2v) is 5.57. The van der Waals surface area contributed by atoms with E-state index in [1.54, 1.807) is 6.07 Å². The van der Waals surface area contributed by atoms with Crippen molar-refractivity contribution < 1.29 is 27.9 Å². The monoisotopic (exact) mass is 376 g/mol. The Balaban J connectivity index is 2.02. The molecule has 0 aliphatic carbocycles. The molecule has 0 radical (unpaired) electrons. The number of para-hydroxylation sites is 1. The summed E-state index contributed by atoms with van der Waals surface area (Å²) in [6.45, 7) is 0. The third-order valence-electron chi connectivity index (χ3n) is 3.82. The number of carbonyl (C=O) groups is 2. The number of carboxylic acids is 1. The molecule has 138 valence electrons. The van der Waals surface area contributed by atoms with Crippen molar-refractivity contribution in [3.8, 4) is 0 Å². The second-order valence-electron chi connectivity index (χ2n) is 5.57. The van der Waals surface area contributed by atoms with Crippen LogP contribution < -0.4 is 10.7 Å². The molecule has 0 aliphatic heterocycles. The zero-order valence-electron chi connectivity index (χ0n) is 13.4. The van der Waals surface area contributed by atoms with Crippen LogP contribution in [0.4, 0.5) is 23.7 Å². The molecular formula is C18H11F3N2O4. The minimum absolute atomic E-state index is 0.0277. The van der Waals surface area contributed by atoms with Crippen LogP contribution in [0.25, 0.3) is 10.9 Å². The van der Waals surface area contributed by atoms with Crippen LogP contribution in [0.1, 0.15) is 15.9 Å². The Kier molecular flexibility index (Phi) is 4.44. The van der Waals surface area contributed by atoms with Gasteiger partial charge in [0.25, 0.3) is 0 Å². The van der Waals surface area contributed by atoms with Gasteiger partial charge in [0, 0.05) is 17.3 Å². The zero-order chi connectivity index (χ0) is 19.8. The van der Waals surface area contributed by atoms with Gasteiger partial charge >= 0.3 is 18.2 Å². The normalized spacial score (nSPS) is 11.4. The lowest BCUT2D eigenvalue weighted by molar-refractivity contribution is -0.137. The number of carboxylic acid groups (broad SMARTS) is 1. The molecular weight excluding hydrogens is 365 g/mol. The maximum atomic E-state index is 12.6. The van der Waals surface area contributed by atoms with Crippen LogP contribution in [0, 0.1) is 0 Å². The number of hydrogen-bond acceptors (Lipinski definition) is 3. The van der Waals surface area contributed by atoms with E-state index in [0.717, 1.165) is 35.0 Å². The van der Waals surface area contributed by atoms with Crippen molar-refractivity contribution in [1.82, 2.24) is 4.57 Å². The number of nitrogens with zero attached hydrogens (tertiary/aromatic N) is 1. The number of aromatic nitrogens is 1. The molecule has 27 heavy (non-hydrogen) atoms. The lowest BCUT2D eigenvalue weighted by Crippen LogP contribution is -2.25. The smallest absolute Gasteiger partial charge is 0.416 e. The maximum absolute atomic E-state index is 12.6. The third kappa shape index (κ3) is 3.52. The fourth-order valence-electron chi connectivity index (χ4n) is 2.52. The van der Waals surface area contributed by atoms with E-state index < -0.39 is 34.7 Å². The summed E-state index contributed by atoms with van der Waals surface area (Å²) in [5, 5.41) is 11.6. The zero-order valence-corrected chi connectivity index (χ0v) is 13.4.